The van der Waals surface area contributed by atoms with Crippen molar-refractivity contribution in [2.24, 2.45) is 5.10 Å². The van der Waals surface area contributed by atoms with Crippen molar-refractivity contribution in [3.05, 3.63) is 52.8 Å². The van der Waals surface area contributed by atoms with Gasteiger partial charge in [0.1, 0.15) is 5.82 Å². The van der Waals surface area contributed by atoms with E-state index >= 15 is 0 Å². The molecule has 0 heterocycles. The molecule has 0 radical (unpaired) electrons. The minimum Gasteiger partial charge on any atom is -0.493 e. The third kappa shape index (κ3) is 6.17. The monoisotopic (exact) mass is 436 g/mol. The molecule has 0 saturated heterocycles. The van der Waals surface area contributed by atoms with Gasteiger partial charge in [0.25, 0.3) is 5.91 Å². The summed E-state index contributed by atoms with van der Waals surface area (Å²) in [6, 6.07) is 8.65. The minimum atomic E-state index is -0.937. The Morgan fingerprint density at radius 1 is 1.20 bits per heavy atom. The lowest BCUT2D eigenvalue weighted by Crippen LogP contribution is -2.35. The maximum atomic E-state index is 13.6. The number of anilines is 1. The molecule has 0 fully saturated rings. The van der Waals surface area contributed by atoms with Crippen LogP contribution in [-0.4, -0.2) is 44.7 Å². The number of amides is 3. The van der Waals surface area contributed by atoms with Crippen LogP contribution in [0.1, 0.15) is 5.56 Å². The number of carbonyl (C=O) groups is 3. The number of hydrogen-bond donors (Lipinski definition) is 3. The average Bonchev–Trinajstić information content (AvgIpc) is 2.73. The number of hydrogen-bond acceptors (Lipinski definition) is 6. The highest BCUT2D eigenvalue weighted by Gasteiger charge is 2.15. The largest absolute Gasteiger partial charge is 0.493 e. The predicted octanol–water partition coefficient (Wildman–Crippen LogP) is 1.70. The summed E-state index contributed by atoms with van der Waals surface area (Å²) >= 11 is 6.19. The molecule has 0 aromatic heterocycles. The van der Waals surface area contributed by atoms with Crippen LogP contribution >= 0.6 is 11.6 Å². The van der Waals surface area contributed by atoms with Crippen LogP contribution in [0.5, 0.6) is 11.5 Å². The van der Waals surface area contributed by atoms with Crippen LogP contribution in [0.2, 0.25) is 5.02 Å². The first-order valence-electron chi connectivity index (χ1n) is 8.45. The number of halogens is 2. The van der Waals surface area contributed by atoms with Gasteiger partial charge in [-0.1, -0.05) is 23.7 Å². The van der Waals surface area contributed by atoms with Crippen LogP contribution < -0.4 is 25.5 Å². The van der Waals surface area contributed by atoms with E-state index < -0.39 is 30.1 Å². The molecule has 0 unspecified atom stereocenters. The molecule has 2 aromatic carbocycles. The van der Waals surface area contributed by atoms with Crippen molar-refractivity contribution in [3.8, 4) is 11.5 Å². The fourth-order valence-corrected chi connectivity index (χ4v) is 2.44. The number of benzene rings is 2. The summed E-state index contributed by atoms with van der Waals surface area (Å²) in [6.07, 6.45) is 1.24. The van der Waals surface area contributed by atoms with Gasteiger partial charge < -0.3 is 20.1 Å². The molecule has 0 saturated carbocycles. The van der Waals surface area contributed by atoms with Crippen molar-refractivity contribution in [2.75, 3.05) is 26.1 Å². The van der Waals surface area contributed by atoms with E-state index in [-0.39, 0.29) is 22.2 Å². The summed E-state index contributed by atoms with van der Waals surface area (Å²) < 4.78 is 24.2. The van der Waals surface area contributed by atoms with Crippen molar-refractivity contribution in [1.82, 2.24) is 10.7 Å². The first-order valence-corrected chi connectivity index (χ1v) is 8.83. The molecule has 0 spiro atoms. The molecule has 3 N–H and O–H groups in total. The Labute approximate surface area is 176 Å². The number of ether oxygens (including phenoxy) is 2. The summed E-state index contributed by atoms with van der Waals surface area (Å²) in [5.74, 6) is -2.67. The van der Waals surface area contributed by atoms with Gasteiger partial charge in [-0.25, -0.2) is 9.82 Å². The highest BCUT2D eigenvalue weighted by Crippen LogP contribution is 2.36. The highest BCUT2D eigenvalue weighted by atomic mass is 35.5. The molecule has 11 heteroatoms. The molecule has 0 bridgehead atoms. The van der Waals surface area contributed by atoms with E-state index in [4.69, 9.17) is 21.1 Å². The Morgan fingerprint density at radius 2 is 1.93 bits per heavy atom. The fraction of sp³-hybridized carbons (Fsp3) is 0.158. The SMILES string of the molecule is CNC(=O)C(=O)N/N=C\c1cc(Cl)c(OCC(=O)Nc2ccccc2F)c(OC)c1. The van der Waals surface area contributed by atoms with E-state index in [0.717, 1.165) is 0 Å². The van der Waals surface area contributed by atoms with E-state index in [9.17, 15) is 18.8 Å². The van der Waals surface area contributed by atoms with Gasteiger partial charge in [0.15, 0.2) is 18.1 Å². The van der Waals surface area contributed by atoms with Gasteiger partial charge in [0.2, 0.25) is 0 Å². The fourth-order valence-electron chi connectivity index (χ4n) is 2.17. The van der Waals surface area contributed by atoms with Crippen molar-refractivity contribution < 1.29 is 28.2 Å². The molecule has 2 aromatic rings. The average molecular weight is 437 g/mol. The Morgan fingerprint density at radius 3 is 2.60 bits per heavy atom. The first-order chi connectivity index (χ1) is 14.3. The van der Waals surface area contributed by atoms with Gasteiger partial charge in [-0.2, -0.15) is 5.10 Å². The molecule has 0 aliphatic carbocycles. The Hall–Kier alpha value is -3.66. The molecule has 158 valence electrons. The van der Waals surface area contributed by atoms with E-state index in [0.29, 0.717) is 5.56 Å². The van der Waals surface area contributed by atoms with Gasteiger partial charge in [-0.3, -0.25) is 14.4 Å². The van der Waals surface area contributed by atoms with Gasteiger partial charge >= 0.3 is 11.8 Å². The third-order valence-corrected chi connectivity index (χ3v) is 3.84. The maximum Gasteiger partial charge on any atom is 0.329 e. The van der Waals surface area contributed by atoms with Gasteiger partial charge in [-0.15, -0.1) is 0 Å². The first kappa shape index (κ1) is 22.6. The van der Waals surface area contributed by atoms with E-state index in [1.54, 1.807) is 6.07 Å². The van der Waals surface area contributed by atoms with Crippen molar-refractivity contribution in [2.45, 2.75) is 0 Å². The number of hydrazone groups is 1. The van der Waals surface area contributed by atoms with Crippen molar-refractivity contribution >= 4 is 41.2 Å². The second-order valence-corrected chi connectivity index (χ2v) is 6.04. The lowest BCUT2D eigenvalue weighted by atomic mass is 10.2. The second kappa shape index (κ2) is 10.8. The smallest absolute Gasteiger partial charge is 0.329 e. The number of nitrogens with zero attached hydrogens (tertiary/aromatic N) is 1. The van der Waals surface area contributed by atoms with Gasteiger partial charge in [0, 0.05) is 7.05 Å². The maximum absolute atomic E-state index is 13.6. The minimum absolute atomic E-state index is 0.0227. The number of rotatable bonds is 7. The van der Waals surface area contributed by atoms with Crippen LogP contribution in [0.25, 0.3) is 0 Å². The number of likely N-dealkylation sites (N-methyl/N-ethyl adjacent to an activating group) is 1. The van der Waals surface area contributed by atoms with Crippen LogP contribution in [-0.2, 0) is 14.4 Å². The highest BCUT2D eigenvalue weighted by molar-refractivity contribution is 6.35. The topological polar surface area (TPSA) is 118 Å². The summed E-state index contributed by atoms with van der Waals surface area (Å²) in [4.78, 5) is 34.5. The van der Waals surface area contributed by atoms with E-state index in [1.165, 1.54) is 50.7 Å². The molecular weight excluding hydrogens is 419 g/mol. The summed E-state index contributed by atoms with van der Waals surface area (Å²) in [6.45, 7) is -0.444. The molecule has 0 aliphatic rings. The lowest BCUT2D eigenvalue weighted by Gasteiger charge is -2.13. The van der Waals surface area contributed by atoms with Crippen LogP contribution in [0.15, 0.2) is 41.5 Å². The standard InChI is InChI=1S/C19H18ClFN4O5/c1-22-18(27)19(28)25-23-9-11-7-12(20)17(15(8-11)29-2)30-10-16(26)24-14-6-4-3-5-13(14)21/h3-9H,10H2,1-2H3,(H,22,27)(H,24,26)(H,25,28)/b23-9-. The number of para-hydroxylation sites is 1. The van der Waals surface area contributed by atoms with Crippen LogP contribution in [0.4, 0.5) is 10.1 Å². The van der Waals surface area contributed by atoms with Gasteiger partial charge in [0.05, 0.1) is 24.0 Å². The molecule has 0 atom stereocenters. The van der Waals surface area contributed by atoms with E-state index in [2.05, 4.69) is 15.7 Å². The zero-order chi connectivity index (χ0) is 22.1. The molecular formula is C19H18ClFN4O5. The van der Waals surface area contributed by atoms with Crippen LogP contribution in [0.3, 0.4) is 0 Å². The molecule has 3 amide bonds. The quantitative estimate of drug-likeness (QED) is 0.347. The Kier molecular flexibility index (Phi) is 8.12. The second-order valence-electron chi connectivity index (χ2n) is 5.63. The number of carbonyl (C=O) groups excluding carboxylic acids is 3. The molecule has 9 nitrogen and oxygen atoms in total. The molecule has 2 rings (SSSR count). The third-order valence-electron chi connectivity index (χ3n) is 3.56. The summed E-state index contributed by atoms with van der Waals surface area (Å²) in [5, 5.41) is 8.29. The van der Waals surface area contributed by atoms with Crippen molar-refractivity contribution in [3.63, 3.8) is 0 Å². The Balaban J connectivity index is 2.04. The number of nitrogens with one attached hydrogen (secondary N) is 3. The normalized spacial score (nSPS) is 10.4. The van der Waals surface area contributed by atoms with Crippen LogP contribution in [0, 0.1) is 5.82 Å². The van der Waals surface area contributed by atoms with Gasteiger partial charge in [-0.05, 0) is 29.8 Å². The van der Waals surface area contributed by atoms with Crippen molar-refractivity contribution in [1.29, 1.82) is 0 Å². The predicted molar refractivity (Wildman–Crippen MR) is 108 cm³/mol. The zero-order valence-electron chi connectivity index (χ0n) is 16.0. The molecule has 0 aliphatic heterocycles. The molecule has 30 heavy (non-hydrogen) atoms. The number of methoxy groups -OCH3 is 1. The Bertz CT molecular complexity index is 983. The summed E-state index contributed by atoms with van der Waals surface area (Å²) in [5.41, 5.74) is 2.49. The summed E-state index contributed by atoms with van der Waals surface area (Å²) in [7, 11) is 2.68. The van der Waals surface area contributed by atoms with E-state index in [1.807, 2.05) is 5.43 Å². The lowest BCUT2D eigenvalue weighted by molar-refractivity contribution is -0.138. The zero-order valence-corrected chi connectivity index (χ0v) is 16.7.